The molecule has 25 heavy (non-hydrogen) atoms. The fraction of sp³-hybridized carbons (Fsp3) is 0.176. The van der Waals surface area contributed by atoms with E-state index in [1.54, 1.807) is 0 Å². The third-order valence-corrected chi connectivity index (χ3v) is 5.00. The van der Waals surface area contributed by atoms with Crippen LogP contribution >= 0.6 is 11.3 Å². The number of aryl methyl sites for hydroxylation is 1. The molecule has 2 amide bonds. The van der Waals surface area contributed by atoms with Crippen LogP contribution in [0.3, 0.4) is 0 Å². The lowest BCUT2D eigenvalue weighted by molar-refractivity contribution is 0.0925. The summed E-state index contributed by atoms with van der Waals surface area (Å²) in [5, 5.41) is 0. The minimum atomic E-state index is -0.606. The number of nitrogens with zero attached hydrogens (tertiary/aromatic N) is 3. The molecule has 0 spiro atoms. The molecule has 0 aliphatic carbocycles. The van der Waals surface area contributed by atoms with Gasteiger partial charge in [-0.2, -0.15) is 0 Å². The minimum Gasteiger partial charge on any atom is -0.269 e. The fourth-order valence-corrected chi connectivity index (χ4v) is 3.94. The first-order valence-corrected chi connectivity index (χ1v) is 8.52. The highest BCUT2D eigenvalue weighted by Gasteiger charge is 2.41. The summed E-state index contributed by atoms with van der Waals surface area (Å²) in [5.74, 6) is -1.60. The molecule has 0 unspecified atom stereocenters. The van der Waals surface area contributed by atoms with Crippen molar-refractivity contribution in [1.29, 1.82) is 0 Å². The molecule has 1 aromatic carbocycles. The molecular formula is C17H12FN3O3S. The lowest BCUT2D eigenvalue weighted by Crippen LogP contribution is -2.31. The normalized spacial score (nSPS) is 13.8. The van der Waals surface area contributed by atoms with Crippen molar-refractivity contribution in [3.63, 3.8) is 0 Å². The van der Waals surface area contributed by atoms with E-state index in [0.29, 0.717) is 17.1 Å². The molecule has 126 valence electrons. The Kier molecular flexibility index (Phi) is 3.50. The number of carbonyl (C=O) groups is 2. The molecule has 0 atom stereocenters. The van der Waals surface area contributed by atoms with E-state index in [9.17, 15) is 18.8 Å². The molecule has 8 heteroatoms. The Bertz CT molecular complexity index is 1080. The highest BCUT2D eigenvalue weighted by molar-refractivity contribution is 7.19. The van der Waals surface area contributed by atoms with Crippen LogP contribution in [0.5, 0.6) is 0 Å². The average molecular weight is 357 g/mol. The quantitative estimate of drug-likeness (QED) is 0.676. The molecule has 0 saturated heterocycles. The maximum absolute atomic E-state index is 13.1. The summed E-state index contributed by atoms with van der Waals surface area (Å²) in [4.78, 5) is 43.7. The topological polar surface area (TPSA) is 71.8 Å². The third-order valence-electron chi connectivity index (χ3n) is 3.97. The largest absolute Gasteiger partial charge is 0.284 e. The van der Waals surface area contributed by atoms with Crippen molar-refractivity contribution < 1.29 is 14.0 Å². The van der Waals surface area contributed by atoms with Gasteiger partial charge in [0, 0.05) is 11.8 Å². The molecule has 3 heterocycles. The lowest BCUT2D eigenvalue weighted by Gasteiger charge is -2.13. The first-order valence-electron chi connectivity index (χ1n) is 7.71. The van der Waals surface area contributed by atoms with Gasteiger partial charge < -0.3 is 0 Å². The Morgan fingerprint density at radius 3 is 2.52 bits per heavy atom. The van der Waals surface area contributed by atoms with E-state index >= 15 is 0 Å². The predicted molar refractivity (Wildman–Crippen MR) is 90.9 cm³/mol. The molecule has 4 rings (SSSR count). The number of rotatable bonds is 3. The number of halogens is 1. The first-order chi connectivity index (χ1) is 12.0. The number of carbonyl (C=O) groups excluding carboxylic acids is 2. The van der Waals surface area contributed by atoms with Crippen molar-refractivity contribution in [2.45, 2.75) is 19.8 Å². The van der Waals surface area contributed by atoms with Crippen LogP contribution in [0.1, 0.15) is 39.2 Å². The number of hydrogen-bond donors (Lipinski definition) is 0. The van der Waals surface area contributed by atoms with Crippen LogP contribution in [-0.2, 0) is 6.42 Å². The molecule has 1 aliphatic rings. The van der Waals surface area contributed by atoms with E-state index in [1.165, 1.54) is 34.7 Å². The zero-order valence-electron chi connectivity index (χ0n) is 13.2. The van der Waals surface area contributed by atoms with Gasteiger partial charge in [-0.05, 0) is 30.7 Å². The van der Waals surface area contributed by atoms with Crippen molar-refractivity contribution in [3.8, 4) is 0 Å². The van der Waals surface area contributed by atoms with Gasteiger partial charge in [0.1, 0.15) is 16.4 Å². The maximum atomic E-state index is 13.1. The summed E-state index contributed by atoms with van der Waals surface area (Å²) >= 11 is 1.02. The van der Waals surface area contributed by atoms with Crippen LogP contribution in [0.15, 0.2) is 35.1 Å². The Hall–Kier alpha value is -2.87. The second-order valence-corrected chi connectivity index (χ2v) is 6.63. The summed E-state index contributed by atoms with van der Waals surface area (Å²) in [7, 11) is 0. The van der Waals surface area contributed by atoms with Gasteiger partial charge >= 0.3 is 0 Å². The number of imide groups is 1. The van der Waals surface area contributed by atoms with E-state index in [0.717, 1.165) is 22.7 Å². The summed E-state index contributed by atoms with van der Waals surface area (Å²) in [6.45, 7) is 1.98. The number of anilines is 1. The zero-order valence-corrected chi connectivity index (χ0v) is 14.0. The van der Waals surface area contributed by atoms with Gasteiger partial charge in [0.2, 0.25) is 0 Å². The molecular weight excluding hydrogens is 345 g/mol. The number of hydrogen-bond acceptors (Lipinski definition) is 5. The van der Waals surface area contributed by atoms with Gasteiger partial charge in [-0.15, -0.1) is 0 Å². The van der Waals surface area contributed by atoms with E-state index < -0.39 is 17.6 Å². The van der Waals surface area contributed by atoms with E-state index in [-0.39, 0.29) is 21.8 Å². The molecule has 0 bridgehead atoms. The monoisotopic (exact) mass is 357 g/mol. The summed E-state index contributed by atoms with van der Waals surface area (Å²) in [6.07, 6.45) is 1.49. The number of thiazole rings is 1. The van der Waals surface area contributed by atoms with Crippen molar-refractivity contribution in [1.82, 2.24) is 9.38 Å². The second kappa shape index (κ2) is 5.59. The average Bonchev–Trinajstić information content (AvgIpc) is 3.06. The van der Waals surface area contributed by atoms with Gasteiger partial charge in [-0.25, -0.2) is 18.7 Å². The van der Waals surface area contributed by atoms with E-state index in [1.807, 2.05) is 6.92 Å². The second-order valence-electron chi connectivity index (χ2n) is 5.66. The van der Waals surface area contributed by atoms with Crippen molar-refractivity contribution in [3.05, 3.63) is 62.8 Å². The van der Waals surface area contributed by atoms with Crippen LogP contribution in [-0.4, -0.2) is 21.2 Å². The standard InChI is InChI=1S/C17H12FN3O3S/c1-2-3-10-8-12(22)21-13-14(25-17(21)19-10)16(24)20(15(13)23)11-6-4-9(18)5-7-11/h4-8H,2-3H2,1H3. The molecule has 0 fully saturated rings. The van der Waals surface area contributed by atoms with Crippen molar-refractivity contribution in [2.24, 2.45) is 0 Å². The summed E-state index contributed by atoms with van der Waals surface area (Å²) in [6, 6.07) is 6.44. The minimum absolute atomic E-state index is 0.0230. The summed E-state index contributed by atoms with van der Waals surface area (Å²) < 4.78 is 14.3. The number of amides is 2. The first kappa shape index (κ1) is 15.6. The van der Waals surface area contributed by atoms with E-state index in [2.05, 4.69) is 4.98 Å². The molecule has 0 N–H and O–H groups in total. The van der Waals surface area contributed by atoms with Gasteiger partial charge in [0.05, 0.1) is 5.69 Å². The van der Waals surface area contributed by atoms with Gasteiger partial charge in [-0.1, -0.05) is 24.7 Å². The maximum Gasteiger partial charge on any atom is 0.284 e. The zero-order chi connectivity index (χ0) is 17.7. The SMILES string of the molecule is CCCc1cc(=O)n2c3c(sc2n1)C(=O)N(c1ccc(F)cc1)C3=O. The van der Waals surface area contributed by atoms with Crippen LogP contribution in [0.4, 0.5) is 10.1 Å². The van der Waals surface area contributed by atoms with Gasteiger partial charge in [0.25, 0.3) is 17.4 Å². The lowest BCUT2D eigenvalue weighted by atomic mass is 10.2. The molecule has 1 aliphatic heterocycles. The Morgan fingerprint density at radius 2 is 1.84 bits per heavy atom. The number of fused-ring (bicyclic) bond motifs is 3. The Labute approximate surface area is 145 Å². The third kappa shape index (κ3) is 2.29. The van der Waals surface area contributed by atoms with Crippen molar-refractivity contribution in [2.75, 3.05) is 4.90 Å². The fourth-order valence-electron chi connectivity index (χ4n) is 2.87. The highest BCUT2D eigenvalue weighted by Crippen LogP contribution is 2.33. The number of aromatic nitrogens is 2. The van der Waals surface area contributed by atoms with Crippen LogP contribution in [0.2, 0.25) is 0 Å². The van der Waals surface area contributed by atoms with Crippen LogP contribution in [0, 0.1) is 5.82 Å². The molecule has 0 radical (unpaired) electrons. The predicted octanol–water partition coefficient (Wildman–Crippen LogP) is 2.65. The smallest absolute Gasteiger partial charge is 0.269 e. The van der Waals surface area contributed by atoms with Crippen LogP contribution < -0.4 is 10.5 Å². The van der Waals surface area contributed by atoms with Gasteiger partial charge in [-0.3, -0.25) is 14.4 Å². The molecule has 6 nitrogen and oxygen atoms in total. The van der Waals surface area contributed by atoms with Crippen molar-refractivity contribution >= 4 is 33.8 Å². The molecule has 0 saturated carbocycles. The van der Waals surface area contributed by atoms with Gasteiger partial charge in [0.15, 0.2) is 4.96 Å². The summed E-state index contributed by atoms with van der Waals surface area (Å²) in [5.41, 5.74) is 0.544. The highest BCUT2D eigenvalue weighted by atomic mass is 32.1. The Balaban J connectivity index is 1.87. The Morgan fingerprint density at radius 1 is 1.12 bits per heavy atom. The van der Waals surface area contributed by atoms with E-state index in [4.69, 9.17) is 0 Å². The number of benzene rings is 1. The molecule has 3 aromatic rings. The molecule has 2 aromatic heterocycles. The van der Waals surface area contributed by atoms with Crippen LogP contribution in [0.25, 0.3) is 4.96 Å².